The molecular weight excluding hydrogens is 515 g/mol. The highest BCUT2D eigenvalue weighted by atomic mass is 19.4. The van der Waals surface area contributed by atoms with Gasteiger partial charge in [-0.05, 0) is 70.7 Å². The normalized spacial score (nSPS) is 24.1. The number of amides is 2. The molecule has 11 heteroatoms. The third-order valence-corrected chi connectivity index (χ3v) is 7.23. The summed E-state index contributed by atoms with van der Waals surface area (Å²) in [6.07, 6.45) is -2.09. The molecule has 1 saturated carbocycles. The zero-order chi connectivity index (χ0) is 28.5. The number of nitrogens with one attached hydrogen (secondary N) is 2. The lowest BCUT2D eigenvalue weighted by molar-refractivity contribution is -0.151. The molecule has 1 aliphatic heterocycles. The maximum absolute atomic E-state index is 13.3. The van der Waals surface area contributed by atoms with Crippen molar-refractivity contribution in [3.8, 4) is 11.3 Å². The molecule has 212 valence electrons. The van der Waals surface area contributed by atoms with Gasteiger partial charge >= 0.3 is 12.1 Å². The van der Waals surface area contributed by atoms with Crippen LogP contribution in [0.25, 0.3) is 11.3 Å². The Balaban J connectivity index is 1.40. The smallest absolute Gasteiger partial charge is 0.416 e. The molecule has 4 atom stereocenters. The van der Waals surface area contributed by atoms with Crippen LogP contribution in [0.1, 0.15) is 62.6 Å². The number of rotatable bonds is 6. The van der Waals surface area contributed by atoms with Gasteiger partial charge in [-0.15, -0.1) is 0 Å². The molecule has 0 unspecified atom stereocenters. The number of hydrogen-bond donors (Lipinski definition) is 2. The van der Waals surface area contributed by atoms with Crippen molar-refractivity contribution in [2.75, 3.05) is 13.7 Å². The molecule has 2 amide bonds. The first kappa shape index (κ1) is 28.7. The minimum Gasteiger partial charge on any atom is -0.469 e. The Hall–Kier alpha value is -3.34. The first-order valence-corrected chi connectivity index (χ1v) is 13.0. The minimum atomic E-state index is -4.45. The number of alkyl halides is 3. The zero-order valence-corrected chi connectivity index (χ0v) is 22.4. The number of furan rings is 1. The summed E-state index contributed by atoms with van der Waals surface area (Å²) in [6, 6.07) is 6.35. The molecule has 2 fully saturated rings. The Labute approximate surface area is 225 Å². The second-order valence-corrected chi connectivity index (χ2v) is 11.2. The molecule has 2 aliphatic rings. The average Bonchev–Trinajstić information content (AvgIpc) is 3.50. The first-order chi connectivity index (χ1) is 18.3. The van der Waals surface area contributed by atoms with E-state index in [1.807, 2.05) is 0 Å². The van der Waals surface area contributed by atoms with Gasteiger partial charge in [0.2, 0.25) is 5.91 Å². The van der Waals surface area contributed by atoms with Gasteiger partial charge in [0.05, 0.1) is 18.6 Å². The molecule has 2 N–H and O–H groups in total. The molecule has 1 saturated heterocycles. The molecule has 2 heterocycles. The molecular formula is C28H34F3N3O5. The Morgan fingerprint density at radius 3 is 2.33 bits per heavy atom. The van der Waals surface area contributed by atoms with Gasteiger partial charge in [-0.3, -0.25) is 14.4 Å². The lowest BCUT2D eigenvalue weighted by Gasteiger charge is -2.41. The predicted octanol–water partition coefficient (Wildman–Crippen LogP) is 4.39. The van der Waals surface area contributed by atoms with Gasteiger partial charge in [-0.1, -0.05) is 12.1 Å². The standard InChI is InChI=1S/C28H34F3N3O5/c1-27(2,3)33-18-9-10-21(19(15-18)26(37)38-4)34-14-13-20(25(34)36)32-24(35)23-12-11-22(39-23)16-5-7-17(8-6-16)28(29,30)31/h5-8,11-12,18-21,33H,9-10,13-15H2,1-4H3,(H,32,35)/t18-,19-,20+,21+/m1/s1. The summed E-state index contributed by atoms with van der Waals surface area (Å²) in [5.74, 6) is -1.52. The van der Waals surface area contributed by atoms with Gasteiger partial charge in [0.1, 0.15) is 11.8 Å². The molecule has 2 aromatic rings. The number of esters is 1. The van der Waals surface area contributed by atoms with Crippen molar-refractivity contribution in [3.05, 3.63) is 47.7 Å². The van der Waals surface area contributed by atoms with Crippen molar-refractivity contribution in [1.29, 1.82) is 0 Å². The molecule has 1 aromatic heterocycles. The van der Waals surface area contributed by atoms with Crippen LogP contribution in [0.2, 0.25) is 0 Å². The fraction of sp³-hybridized carbons (Fsp3) is 0.536. The van der Waals surface area contributed by atoms with Crippen LogP contribution in [0, 0.1) is 5.92 Å². The second kappa shape index (κ2) is 11.0. The summed E-state index contributed by atoms with van der Waals surface area (Å²) < 4.78 is 49.1. The van der Waals surface area contributed by atoms with E-state index >= 15 is 0 Å². The van der Waals surface area contributed by atoms with E-state index in [9.17, 15) is 27.6 Å². The molecule has 0 spiro atoms. The molecule has 0 bridgehead atoms. The fourth-order valence-electron chi connectivity index (χ4n) is 5.51. The summed E-state index contributed by atoms with van der Waals surface area (Å²) in [4.78, 5) is 40.5. The number of likely N-dealkylation sites (tertiary alicyclic amines) is 1. The quantitative estimate of drug-likeness (QED) is 0.519. The van der Waals surface area contributed by atoms with E-state index in [-0.39, 0.29) is 41.0 Å². The minimum absolute atomic E-state index is 0.0580. The van der Waals surface area contributed by atoms with E-state index in [0.29, 0.717) is 31.4 Å². The Morgan fingerprint density at radius 2 is 1.72 bits per heavy atom. The summed E-state index contributed by atoms with van der Waals surface area (Å²) >= 11 is 0. The van der Waals surface area contributed by atoms with Crippen molar-refractivity contribution in [2.24, 2.45) is 5.92 Å². The van der Waals surface area contributed by atoms with Crippen molar-refractivity contribution >= 4 is 17.8 Å². The number of carbonyl (C=O) groups excluding carboxylic acids is 3. The van der Waals surface area contributed by atoms with Gasteiger partial charge in [0, 0.05) is 29.7 Å². The highest BCUT2D eigenvalue weighted by Gasteiger charge is 2.45. The maximum Gasteiger partial charge on any atom is 0.416 e. The number of methoxy groups -OCH3 is 1. The molecule has 1 aromatic carbocycles. The zero-order valence-electron chi connectivity index (χ0n) is 22.4. The highest BCUT2D eigenvalue weighted by molar-refractivity contribution is 5.96. The topological polar surface area (TPSA) is 101 Å². The van der Waals surface area contributed by atoms with Gasteiger partial charge in [-0.2, -0.15) is 13.2 Å². The van der Waals surface area contributed by atoms with Crippen LogP contribution in [0.15, 0.2) is 40.8 Å². The lowest BCUT2D eigenvalue weighted by Crippen LogP contribution is -2.55. The number of halogens is 3. The molecule has 0 radical (unpaired) electrons. The van der Waals surface area contributed by atoms with Crippen LogP contribution in [0.4, 0.5) is 13.2 Å². The van der Waals surface area contributed by atoms with E-state index in [0.717, 1.165) is 18.6 Å². The van der Waals surface area contributed by atoms with E-state index in [2.05, 4.69) is 31.4 Å². The summed E-state index contributed by atoms with van der Waals surface area (Å²) in [7, 11) is 1.34. The van der Waals surface area contributed by atoms with Gasteiger partial charge in [0.15, 0.2) is 5.76 Å². The van der Waals surface area contributed by atoms with Crippen molar-refractivity contribution in [2.45, 2.75) is 76.3 Å². The monoisotopic (exact) mass is 549 g/mol. The number of benzene rings is 1. The summed E-state index contributed by atoms with van der Waals surface area (Å²) in [5, 5.41) is 6.24. The lowest BCUT2D eigenvalue weighted by atomic mass is 9.80. The molecule has 39 heavy (non-hydrogen) atoms. The van der Waals surface area contributed by atoms with Crippen LogP contribution in [0.5, 0.6) is 0 Å². The van der Waals surface area contributed by atoms with E-state index < -0.39 is 29.6 Å². The van der Waals surface area contributed by atoms with Crippen LogP contribution in [-0.2, 0) is 20.5 Å². The van der Waals surface area contributed by atoms with Gasteiger partial charge in [0.25, 0.3) is 5.91 Å². The van der Waals surface area contributed by atoms with Crippen molar-refractivity contribution < 1.29 is 36.7 Å². The number of carbonyl (C=O) groups is 3. The maximum atomic E-state index is 13.3. The van der Waals surface area contributed by atoms with E-state index in [1.165, 1.54) is 31.4 Å². The summed E-state index contributed by atoms with van der Waals surface area (Å²) in [6.45, 7) is 6.59. The predicted molar refractivity (Wildman–Crippen MR) is 137 cm³/mol. The Morgan fingerprint density at radius 1 is 1.03 bits per heavy atom. The SMILES string of the molecule is COC(=O)[C@@H]1C[C@H](NC(C)(C)C)CC[C@@H]1N1CC[C@H](NC(=O)c2ccc(-c3ccc(C(F)(F)F)cc3)o2)C1=O. The fourth-order valence-corrected chi connectivity index (χ4v) is 5.51. The molecule has 4 rings (SSSR count). The van der Waals surface area contributed by atoms with Crippen molar-refractivity contribution in [3.63, 3.8) is 0 Å². The Bertz CT molecular complexity index is 1200. The summed E-state index contributed by atoms with van der Waals surface area (Å²) in [5.41, 5.74) is -0.515. The third-order valence-electron chi connectivity index (χ3n) is 7.23. The van der Waals surface area contributed by atoms with Crippen molar-refractivity contribution in [1.82, 2.24) is 15.5 Å². The van der Waals surface area contributed by atoms with Crippen LogP contribution in [-0.4, -0.2) is 60.0 Å². The first-order valence-electron chi connectivity index (χ1n) is 13.0. The van der Waals surface area contributed by atoms with E-state index in [1.54, 1.807) is 4.90 Å². The van der Waals surface area contributed by atoms with Crippen LogP contribution in [0.3, 0.4) is 0 Å². The Kier molecular flexibility index (Phi) is 8.11. The largest absolute Gasteiger partial charge is 0.469 e. The average molecular weight is 550 g/mol. The number of hydrogen-bond acceptors (Lipinski definition) is 6. The number of nitrogens with zero attached hydrogens (tertiary/aromatic N) is 1. The number of ether oxygens (including phenoxy) is 1. The van der Waals surface area contributed by atoms with Gasteiger partial charge in [-0.25, -0.2) is 0 Å². The van der Waals surface area contributed by atoms with Crippen LogP contribution < -0.4 is 10.6 Å². The second-order valence-electron chi connectivity index (χ2n) is 11.2. The highest BCUT2D eigenvalue weighted by Crippen LogP contribution is 2.34. The van der Waals surface area contributed by atoms with Gasteiger partial charge < -0.3 is 24.7 Å². The third kappa shape index (κ3) is 6.63. The van der Waals surface area contributed by atoms with Crippen LogP contribution >= 0.6 is 0 Å². The molecule has 8 nitrogen and oxygen atoms in total. The molecule has 1 aliphatic carbocycles. The van der Waals surface area contributed by atoms with E-state index in [4.69, 9.17) is 9.15 Å².